The molecule has 0 atom stereocenters. The number of nitrogens with one attached hydrogen (secondary N) is 1. The van der Waals surface area contributed by atoms with E-state index in [9.17, 15) is 4.79 Å². The second-order valence-corrected chi connectivity index (χ2v) is 5.69. The highest BCUT2D eigenvalue weighted by molar-refractivity contribution is 5.83. The van der Waals surface area contributed by atoms with Gasteiger partial charge in [0.15, 0.2) is 0 Å². The second-order valence-electron chi connectivity index (χ2n) is 5.69. The van der Waals surface area contributed by atoms with Crippen LogP contribution in [0.4, 0.5) is 0 Å². The van der Waals surface area contributed by atoms with E-state index in [0.717, 1.165) is 25.7 Å². The molecule has 0 rings (SSSR count). The Balaban J connectivity index is 4.79. The molecule has 0 aliphatic carbocycles. The van der Waals surface area contributed by atoms with Crippen LogP contribution in [0.25, 0.3) is 0 Å². The molecule has 0 heterocycles. The van der Waals surface area contributed by atoms with E-state index in [0.29, 0.717) is 6.54 Å². The number of carbonyl (C=O) groups is 1. The summed E-state index contributed by atoms with van der Waals surface area (Å²) in [6.45, 7) is 10.7. The number of hydrogen-bond donors (Lipinski definition) is 2. The van der Waals surface area contributed by atoms with Crippen molar-refractivity contribution in [3.8, 4) is 0 Å². The van der Waals surface area contributed by atoms with Crippen molar-refractivity contribution < 1.29 is 4.79 Å². The Labute approximate surface area is 100 Å². The normalized spacial score (nSPS) is 12.6. The summed E-state index contributed by atoms with van der Waals surface area (Å²) >= 11 is 0. The quantitative estimate of drug-likeness (QED) is 0.733. The fourth-order valence-electron chi connectivity index (χ4n) is 2.08. The van der Waals surface area contributed by atoms with E-state index in [1.165, 1.54) is 0 Å². The second kappa shape index (κ2) is 6.24. The fourth-order valence-corrected chi connectivity index (χ4v) is 2.08. The summed E-state index contributed by atoms with van der Waals surface area (Å²) in [7, 11) is 0. The van der Waals surface area contributed by atoms with Crippen LogP contribution in [-0.4, -0.2) is 18.0 Å². The molecule has 0 bridgehead atoms. The molecule has 0 radical (unpaired) electrons. The fraction of sp³-hybridized carbons (Fsp3) is 0.923. The average molecular weight is 228 g/mol. The monoisotopic (exact) mass is 228 g/mol. The van der Waals surface area contributed by atoms with Crippen LogP contribution in [0.1, 0.15) is 60.3 Å². The van der Waals surface area contributed by atoms with E-state index >= 15 is 0 Å². The first kappa shape index (κ1) is 15.4. The first-order chi connectivity index (χ1) is 7.31. The Kier molecular flexibility index (Phi) is 6.01. The molecule has 0 aromatic heterocycles. The zero-order valence-corrected chi connectivity index (χ0v) is 11.5. The van der Waals surface area contributed by atoms with Crippen LogP contribution in [-0.2, 0) is 4.79 Å². The summed E-state index contributed by atoms with van der Waals surface area (Å²) in [4.78, 5) is 12.3. The molecule has 3 heteroatoms. The van der Waals surface area contributed by atoms with Crippen molar-refractivity contribution in [2.75, 3.05) is 6.54 Å². The van der Waals surface area contributed by atoms with E-state index in [1.54, 1.807) is 0 Å². The van der Waals surface area contributed by atoms with Gasteiger partial charge in [-0.1, -0.05) is 26.7 Å². The molecule has 0 saturated heterocycles. The standard InChI is InChI=1S/C13H28N2O/c1-6-8-13(10-14,9-7-2)11(16)15-12(3,4)5/h6-10,14H2,1-5H3,(H,15,16). The highest BCUT2D eigenvalue weighted by Gasteiger charge is 2.36. The van der Waals surface area contributed by atoms with E-state index in [4.69, 9.17) is 5.73 Å². The number of amides is 1. The molecular formula is C13H28N2O. The van der Waals surface area contributed by atoms with Gasteiger partial charge in [-0.3, -0.25) is 4.79 Å². The molecule has 0 unspecified atom stereocenters. The van der Waals surface area contributed by atoms with Crippen LogP contribution in [0.15, 0.2) is 0 Å². The maximum atomic E-state index is 12.3. The van der Waals surface area contributed by atoms with Crippen LogP contribution in [0.2, 0.25) is 0 Å². The number of nitrogens with two attached hydrogens (primary N) is 1. The lowest BCUT2D eigenvalue weighted by molar-refractivity contribution is -0.133. The Hall–Kier alpha value is -0.570. The minimum Gasteiger partial charge on any atom is -0.351 e. The van der Waals surface area contributed by atoms with E-state index in [1.807, 2.05) is 20.8 Å². The molecule has 16 heavy (non-hydrogen) atoms. The summed E-state index contributed by atoms with van der Waals surface area (Å²) in [6, 6.07) is 0. The lowest BCUT2D eigenvalue weighted by Gasteiger charge is -2.34. The van der Waals surface area contributed by atoms with Gasteiger partial charge >= 0.3 is 0 Å². The van der Waals surface area contributed by atoms with Crippen LogP contribution in [0.5, 0.6) is 0 Å². The average Bonchev–Trinajstić information content (AvgIpc) is 2.14. The first-order valence-corrected chi connectivity index (χ1v) is 6.34. The van der Waals surface area contributed by atoms with Crippen molar-refractivity contribution >= 4 is 5.91 Å². The molecule has 0 saturated carbocycles. The summed E-state index contributed by atoms with van der Waals surface area (Å²) in [6.07, 6.45) is 3.74. The Morgan fingerprint density at radius 1 is 1.12 bits per heavy atom. The van der Waals surface area contributed by atoms with Crippen molar-refractivity contribution in [3.05, 3.63) is 0 Å². The van der Waals surface area contributed by atoms with Crippen molar-refractivity contribution in [1.29, 1.82) is 0 Å². The molecule has 96 valence electrons. The summed E-state index contributed by atoms with van der Waals surface area (Å²) < 4.78 is 0. The van der Waals surface area contributed by atoms with E-state index in [2.05, 4.69) is 19.2 Å². The smallest absolute Gasteiger partial charge is 0.227 e. The van der Waals surface area contributed by atoms with Gasteiger partial charge in [-0.2, -0.15) is 0 Å². The molecular weight excluding hydrogens is 200 g/mol. The van der Waals surface area contributed by atoms with Gasteiger partial charge in [0.05, 0.1) is 5.41 Å². The van der Waals surface area contributed by atoms with Gasteiger partial charge < -0.3 is 11.1 Å². The van der Waals surface area contributed by atoms with Crippen LogP contribution in [0, 0.1) is 5.41 Å². The molecule has 0 aromatic carbocycles. The molecule has 1 amide bonds. The van der Waals surface area contributed by atoms with Gasteiger partial charge in [0.2, 0.25) is 5.91 Å². The lowest BCUT2D eigenvalue weighted by Crippen LogP contribution is -2.52. The predicted molar refractivity (Wildman–Crippen MR) is 69.2 cm³/mol. The Bertz CT molecular complexity index is 212. The predicted octanol–water partition coefficient (Wildman–Crippen LogP) is 2.45. The number of rotatable bonds is 6. The molecule has 0 aromatic rings. The van der Waals surface area contributed by atoms with Gasteiger partial charge in [-0.25, -0.2) is 0 Å². The Morgan fingerprint density at radius 3 is 1.81 bits per heavy atom. The van der Waals surface area contributed by atoms with Crippen LogP contribution < -0.4 is 11.1 Å². The third-order valence-corrected chi connectivity index (χ3v) is 2.82. The molecule has 3 N–H and O–H groups in total. The first-order valence-electron chi connectivity index (χ1n) is 6.34. The van der Waals surface area contributed by atoms with Crippen molar-refractivity contribution in [1.82, 2.24) is 5.32 Å². The highest BCUT2D eigenvalue weighted by Crippen LogP contribution is 2.29. The Morgan fingerprint density at radius 2 is 1.56 bits per heavy atom. The minimum atomic E-state index is -0.364. The maximum absolute atomic E-state index is 12.3. The third-order valence-electron chi connectivity index (χ3n) is 2.82. The molecule has 0 aliphatic rings. The SMILES string of the molecule is CCCC(CN)(CCC)C(=O)NC(C)(C)C. The van der Waals surface area contributed by atoms with Gasteiger partial charge in [-0.05, 0) is 33.6 Å². The zero-order valence-electron chi connectivity index (χ0n) is 11.5. The van der Waals surface area contributed by atoms with E-state index in [-0.39, 0.29) is 16.9 Å². The zero-order chi connectivity index (χ0) is 12.8. The van der Waals surface area contributed by atoms with Crippen molar-refractivity contribution in [2.45, 2.75) is 65.8 Å². The van der Waals surface area contributed by atoms with Gasteiger partial charge in [-0.15, -0.1) is 0 Å². The summed E-state index contributed by atoms with van der Waals surface area (Å²) in [5.74, 6) is 0.117. The number of hydrogen-bond acceptors (Lipinski definition) is 2. The lowest BCUT2D eigenvalue weighted by atomic mass is 9.78. The van der Waals surface area contributed by atoms with Gasteiger partial charge in [0.25, 0.3) is 0 Å². The maximum Gasteiger partial charge on any atom is 0.227 e. The number of carbonyl (C=O) groups excluding carboxylic acids is 1. The van der Waals surface area contributed by atoms with Crippen molar-refractivity contribution in [2.24, 2.45) is 11.1 Å². The molecule has 0 spiro atoms. The van der Waals surface area contributed by atoms with Gasteiger partial charge in [0, 0.05) is 12.1 Å². The minimum absolute atomic E-state index is 0.117. The van der Waals surface area contributed by atoms with Crippen LogP contribution >= 0.6 is 0 Å². The summed E-state index contributed by atoms with van der Waals surface area (Å²) in [5, 5.41) is 3.06. The van der Waals surface area contributed by atoms with Gasteiger partial charge in [0.1, 0.15) is 0 Å². The molecule has 0 fully saturated rings. The van der Waals surface area contributed by atoms with Crippen molar-refractivity contribution in [3.63, 3.8) is 0 Å². The summed E-state index contributed by atoms with van der Waals surface area (Å²) in [5.41, 5.74) is 5.29. The third kappa shape index (κ3) is 4.52. The topological polar surface area (TPSA) is 55.1 Å². The molecule has 3 nitrogen and oxygen atoms in total. The highest BCUT2D eigenvalue weighted by atomic mass is 16.2. The van der Waals surface area contributed by atoms with E-state index < -0.39 is 0 Å². The largest absolute Gasteiger partial charge is 0.351 e. The van der Waals surface area contributed by atoms with Crippen LogP contribution in [0.3, 0.4) is 0 Å². The molecule has 0 aliphatic heterocycles.